The van der Waals surface area contributed by atoms with Gasteiger partial charge in [-0.1, -0.05) is 24.3 Å². The van der Waals surface area contributed by atoms with Gasteiger partial charge in [-0.05, 0) is 39.2 Å². The van der Waals surface area contributed by atoms with Gasteiger partial charge in [-0.15, -0.1) is 0 Å². The van der Waals surface area contributed by atoms with Crippen LogP contribution in [0.15, 0.2) is 36.8 Å². The van der Waals surface area contributed by atoms with E-state index in [1.165, 1.54) is 11.1 Å². The van der Waals surface area contributed by atoms with E-state index in [9.17, 15) is 9.90 Å². The molecule has 148 valence electrons. The molecule has 0 bridgehead atoms. The number of hydrogen-bond donors (Lipinski definition) is 1. The SMILES string of the molecule is CC(C)(C)OC(=O)N1CC2(CC[C@@H]([C@@H]3c4ccccc4-c4cncn43)[C@H]2O)C1. The van der Waals surface area contributed by atoms with Gasteiger partial charge in [0.1, 0.15) is 5.60 Å². The fourth-order valence-corrected chi connectivity index (χ4v) is 5.37. The molecule has 1 aliphatic carbocycles. The summed E-state index contributed by atoms with van der Waals surface area (Å²) in [5, 5.41) is 11.3. The standard InChI is InChI=1S/C22H27N3O3/c1-21(2,3)28-20(27)24-11-22(12-24)9-8-16(19(22)26)18-15-7-5-4-6-14(15)17-10-23-13-25(17)18/h4-7,10,13,16,18-19,26H,8-9,11-12H2,1-3H3/t16-,18-,19+/m0/s1. The molecule has 0 radical (unpaired) electrons. The third-order valence-electron chi connectivity index (χ3n) is 6.60. The van der Waals surface area contributed by atoms with Crippen molar-refractivity contribution in [3.63, 3.8) is 0 Å². The minimum atomic E-state index is -0.498. The van der Waals surface area contributed by atoms with Gasteiger partial charge in [0.15, 0.2) is 0 Å². The smallest absolute Gasteiger partial charge is 0.410 e. The summed E-state index contributed by atoms with van der Waals surface area (Å²) in [6, 6.07) is 8.52. The zero-order valence-corrected chi connectivity index (χ0v) is 16.6. The lowest BCUT2D eigenvalue weighted by molar-refractivity contribution is -0.0900. The molecule has 0 unspecified atom stereocenters. The minimum absolute atomic E-state index is 0.110. The molecule has 28 heavy (non-hydrogen) atoms. The molecular formula is C22H27N3O3. The molecular weight excluding hydrogens is 354 g/mol. The fraction of sp³-hybridized carbons (Fsp3) is 0.545. The van der Waals surface area contributed by atoms with Crippen molar-refractivity contribution in [2.24, 2.45) is 11.3 Å². The highest BCUT2D eigenvalue weighted by atomic mass is 16.6. The van der Waals surface area contributed by atoms with Crippen LogP contribution in [0.2, 0.25) is 0 Å². The van der Waals surface area contributed by atoms with Crippen molar-refractivity contribution in [3.05, 3.63) is 42.4 Å². The second kappa shape index (κ2) is 5.83. The predicted molar refractivity (Wildman–Crippen MR) is 105 cm³/mol. The normalized spacial score (nSPS) is 27.4. The lowest BCUT2D eigenvalue weighted by Gasteiger charge is -2.50. The molecule has 6 heteroatoms. The number of hydrogen-bond acceptors (Lipinski definition) is 4. The number of nitrogens with zero attached hydrogens (tertiary/aromatic N) is 3. The number of aliphatic hydroxyl groups excluding tert-OH is 1. The van der Waals surface area contributed by atoms with Crippen LogP contribution in [0.5, 0.6) is 0 Å². The lowest BCUT2D eigenvalue weighted by Crippen LogP contribution is -2.63. The van der Waals surface area contributed by atoms with Crippen molar-refractivity contribution in [2.75, 3.05) is 13.1 Å². The third kappa shape index (κ3) is 2.50. The summed E-state index contributed by atoms with van der Waals surface area (Å²) in [4.78, 5) is 18.4. The summed E-state index contributed by atoms with van der Waals surface area (Å²) >= 11 is 0. The Morgan fingerprint density at radius 2 is 2.04 bits per heavy atom. The van der Waals surface area contributed by atoms with E-state index >= 15 is 0 Å². The van der Waals surface area contributed by atoms with Crippen LogP contribution >= 0.6 is 0 Å². The van der Waals surface area contributed by atoms with E-state index < -0.39 is 11.7 Å². The van der Waals surface area contributed by atoms with Gasteiger partial charge in [0.25, 0.3) is 0 Å². The second-order valence-corrected chi connectivity index (χ2v) is 9.56. The fourth-order valence-electron chi connectivity index (χ4n) is 5.37. The van der Waals surface area contributed by atoms with Crippen molar-refractivity contribution in [3.8, 4) is 11.3 Å². The molecule has 2 fully saturated rings. The van der Waals surface area contributed by atoms with E-state index in [4.69, 9.17) is 4.74 Å². The van der Waals surface area contributed by atoms with Crippen LogP contribution in [-0.4, -0.2) is 50.4 Å². The number of imidazole rings is 1. The monoisotopic (exact) mass is 381 g/mol. The first-order chi connectivity index (χ1) is 13.3. The summed E-state index contributed by atoms with van der Waals surface area (Å²) in [5.74, 6) is 0.123. The Kier molecular flexibility index (Phi) is 3.69. The van der Waals surface area contributed by atoms with E-state index in [1.807, 2.05) is 33.3 Å². The maximum absolute atomic E-state index is 12.3. The van der Waals surface area contributed by atoms with Gasteiger partial charge in [-0.2, -0.15) is 0 Å². The molecule has 3 atom stereocenters. The van der Waals surface area contributed by atoms with E-state index in [2.05, 4.69) is 33.8 Å². The molecule has 3 aliphatic rings. The first kappa shape index (κ1) is 17.7. The average molecular weight is 381 g/mol. The van der Waals surface area contributed by atoms with Crippen LogP contribution in [0.3, 0.4) is 0 Å². The van der Waals surface area contributed by atoms with Gasteiger partial charge >= 0.3 is 6.09 Å². The third-order valence-corrected chi connectivity index (χ3v) is 6.60. The molecule has 1 aromatic carbocycles. The quantitative estimate of drug-likeness (QED) is 0.821. The maximum atomic E-state index is 12.3. The van der Waals surface area contributed by atoms with Crippen molar-refractivity contribution in [1.29, 1.82) is 0 Å². The molecule has 1 saturated carbocycles. The summed E-state index contributed by atoms with van der Waals surface area (Å²) in [6.45, 7) is 6.78. The molecule has 1 aromatic heterocycles. The van der Waals surface area contributed by atoms with E-state index in [-0.39, 0.29) is 23.5 Å². The summed E-state index contributed by atoms with van der Waals surface area (Å²) in [5.41, 5.74) is 2.89. The van der Waals surface area contributed by atoms with Gasteiger partial charge in [0.05, 0.1) is 30.4 Å². The van der Waals surface area contributed by atoms with Gasteiger partial charge in [0.2, 0.25) is 0 Å². The van der Waals surface area contributed by atoms with Crippen LogP contribution in [0.1, 0.15) is 45.2 Å². The zero-order valence-electron chi connectivity index (χ0n) is 16.6. The summed E-state index contributed by atoms with van der Waals surface area (Å²) < 4.78 is 7.69. The van der Waals surface area contributed by atoms with Crippen LogP contribution < -0.4 is 0 Å². The summed E-state index contributed by atoms with van der Waals surface area (Å²) in [7, 11) is 0. The van der Waals surface area contributed by atoms with E-state index in [1.54, 1.807) is 4.90 Å². The Balaban J connectivity index is 1.36. The van der Waals surface area contributed by atoms with Gasteiger partial charge in [0, 0.05) is 30.0 Å². The largest absolute Gasteiger partial charge is 0.444 e. The Hall–Kier alpha value is -2.34. The Morgan fingerprint density at radius 1 is 1.29 bits per heavy atom. The molecule has 1 saturated heterocycles. The first-order valence-corrected chi connectivity index (χ1v) is 10.1. The second-order valence-electron chi connectivity index (χ2n) is 9.56. The molecule has 2 aromatic rings. The Morgan fingerprint density at radius 3 is 2.79 bits per heavy atom. The number of fused-ring (bicyclic) bond motifs is 3. The van der Waals surface area contributed by atoms with Crippen LogP contribution in [-0.2, 0) is 4.74 Å². The Labute approximate surface area is 165 Å². The average Bonchev–Trinajstić information content (AvgIpc) is 3.25. The van der Waals surface area contributed by atoms with Crippen LogP contribution in [0.4, 0.5) is 4.79 Å². The molecule has 2 aliphatic heterocycles. The predicted octanol–water partition coefficient (Wildman–Crippen LogP) is 3.46. The molecule has 3 heterocycles. The number of ether oxygens (including phenoxy) is 1. The highest BCUT2D eigenvalue weighted by molar-refractivity contribution is 5.70. The first-order valence-electron chi connectivity index (χ1n) is 10.1. The molecule has 5 rings (SSSR count). The number of benzene rings is 1. The maximum Gasteiger partial charge on any atom is 0.410 e. The van der Waals surface area contributed by atoms with Crippen molar-refractivity contribution < 1.29 is 14.6 Å². The number of aliphatic hydroxyl groups is 1. The number of carbonyl (C=O) groups is 1. The van der Waals surface area contributed by atoms with Crippen LogP contribution in [0.25, 0.3) is 11.3 Å². The number of amides is 1. The van der Waals surface area contributed by atoms with Crippen molar-refractivity contribution in [2.45, 2.75) is 51.4 Å². The van der Waals surface area contributed by atoms with Gasteiger partial charge in [-0.3, -0.25) is 0 Å². The highest BCUT2D eigenvalue weighted by Crippen LogP contribution is 2.55. The Bertz CT molecular complexity index is 923. The molecule has 1 amide bonds. The molecule has 6 nitrogen and oxygen atoms in total. The zero-order chi connectivity index (χ0) is 19.7. The topological polar surface area (TPSA) is 67.6 Å². The minimum Gasteiger partial charge on any atom is -0.444 e. The molecule has 1 spiro atoms. The number of likely N-dealkylation sites (tertiary alicyclic amines) is 1. The number of carbonyl (C=O) groups excluding carboxylic acids is 1. The lowest BCUT2D eigenvalue weighted by atomic mass is 9.74. The van der Waals surface area contributed by atoms with Crippen LogP contribution in [0, 0.1) is 11.3 Å². The number of aromatic nitrogens is 2. The highest BCUT2D eigenvalue weighted by Gasteiger charge is 2.59. The van der Waals surface area contributed by atoms with E-state index in [0.717, 1.165) is 18.5 Å². The van der Waals surface area contributed by atoms with Gasteiger partial charge in [-0.25, -0.2) is 9.78 Å². The van der Waals surface area contributed by atoms with E-state index in [0.29, 0.717) is 13.1 Å². The van der Waals surface area contributed by atoms with Crippen molar-refractivity contribution >= 4 is 6.09 Å². The molecule has 1 N–H and O–H groups in total. The summed E-state index contributed by atoms with van der Waals surface area (Å²) in [6.07, 6.45) is 4.94. The van der Waals surface area contributed by atoms with Crippen molar-refractivity contribution in [1.82, 2.24) is 14.5 Å². The van der Waals surface area contributed by atoms with Gasteiger partial charge < -0.3 is 19.3 Å². The number of rotatable bonds is 1.